The standard InChI is InChI=1S/C18H20O4/c1-11-7-12-8-14(20-3)10-16(18(12)22-11)15-9-13(19-2)5-6-17(15)21-4/h5-6,8-11H,7H2,1-4H3. The lowest BCUT2D eigenvalue weighted by Gasteiger charge is -2.15. The van der Waals surface area contributed by atoms with E-state index in [-0.39, 0.29) is 6.10 Å². The molecule has 0 aliphatic carbocycles. The van der Waals surface area contributed by atoms with Crippen LogP contribution in [-0.4, -0.2) is 27.4 Å². The van der Waals surface area contributed by atoms with Gasteiger partial charge in [-0.3, -0.25) is 0 Å². The summed E-state index contributed by atoms with van der Waals surface area (Å²) in [6.07, 6.45) is 1.05. The average molecular weight is 300 g/mol. The van der Waals surface area contributed by atoms with Crippen LogP contribution < -0.4 is 18.9 Å². The Morgan fingerprint density at radius 3 is 2.32 bits per heavy atom. The van der Waals surface area contributed by atoms with Crippen LogP contribution in [0.15, 0.2) is 30.3 Å². The van der Waals surface area contributed by atoms with Gasteiger partial charge in [-0.15, -0.1) is 0 Å². The summed E-state index contributed by atoms with van der Waals surface area (Å²) in [7, 11) is 4.99. The summed E-state index contributed by atoms with van der Waals surface area (Å²) in [5.74, 6) is 3.27. The smallest absolute Gasteiger partial charge is 0.131 e. The Bertz CT molecular complexity index is 694. The largest absolute Gasteiger partial charge is 0.497 e. The molecule has 0 saturated heterocycles. The zero-order chi connectivity index (χ0) is 15.7. The lowest BCUT2D eigenvalue weighted by Crippen LogP contribution is -2.05. The van der Waals surface area contributed by atoms with Gasteiger partial charge in [0.15, 0.2) is 0 Å². The number of methoxy groups -OCH3 is 3. The predicted octanol–water partition coefficient (Wildman–Crippen LogP) is 3.70. The van der Waals surface area contributed by atoms with Crippen LogP contribution in [0.1, 0.15) is 12.5 Å². The highest BCUT2D eigenvalue weighted by Gasteiger charge is 2.25. The van der Waals surface area contributed by atoms with Crippen molar-refractivity contribution in [3.63, 3.8) is 0 Å². The summed E-state index contributed by atoms with van der Waals surface area (Å²) < 4.78 is 22.3. The Kier molecular flexibility index (Phi) is 3.84. The Morgan fingerprint density at radius 2 is 1.64 bits per heavy atom. The van der Waals surface area contributed by atoms with Gasteiger partial charge >= 0.3 is 0 Å². The number of hydrogen-bond acceptors (Lipinski definition) is 4. The van der Waals surface area contributed by atoms with Gasteiger partial charge in [-0.25, -0.2) is 0 Å². The van der Waals surface area contributed by atoms with Crippen LogP contribution in [0.2, 0.25) is 0 Å². The molecule has 3 rings (SSSR count). The van der Waals surface area contributed by atoms with Crippen molar-refractivity contribution >= 4 is 0 Å². The van der Waals surface area contributed by atoms with Gasteiger partial charge in [0.1, 0.15) is 29.1 Å². The Labute approximate surface area is 130 Å². The van der Waals surface area contributed by atoms with Crippen molar-refractivity contribution in [1.82, 2.24) is 0 Å². The molecule has 116 valence electrons. The number of benzene rings is 2. The Hall–Kier alpha value is -2.36. The molecule has 0 fully saturated rings. The lowest BCUT2D eigenvalue weighted by molar-refractivity contribution is 0.255. The first-order chi connectivity index (χ1) is 10.7. The molecule has 1 aliphatic rings. The van der Waals surface area contributed by atoms with E-state index in [1.165, 1.54) is 0 Å². The van der Waals surface area contributed by atoms with Crippen LogP contribution in [0.5, 0.6) is 23.0 Å². The molecule has 22 heavy (non-hydrogen) atoms. The van der Waals surface area contributed by atoms with Gasteiger partial charge < -0.3 is 18.9 Å². The van der Waals surface area contributed by atoms with Gasteiger partial charge in [0.05, 0.1) is 21.3 Å². The zero-order valence-corrected chi connectivity index (χ0v) is 13.3. The van der Waals surface area contributed by atoms with Crippen LogP contribution in [0.25, 0.3) is 11.1 Å². The van der Waals surface area contributed by atoms with E-state index in [0.29, 0.717) is 0 Å². The van der Waals surface area contributed by atoms with Crippen molar-refractivity contribution in [2.75, 3.05) is 21.3 Å². The molecule has 2 aromatic rings. The molecule has 1 atom stereocenters. The van der Waals surface area contributed by atoms with E-state index in [2.05, 4.69) is 6.92 Å². The summed E-state index contributed by atoms with van der Waals surface area (Å²) in [6.45, 7) is 2.07. The van der Waals surface area contributed by atoms with Gasteiger partial charge in [-0.1, -0.05) is 0 Å². The van der Waals surface area contributed by atoms with E-state index in [9.17, 15) is 0 Å². The molecular weight excluding hydrogens is 280 g/mol. The first-order valence-corrected chi connectivity index (χ1v) is 7.26. The van der Waals surface area contributed by atoms with Gasteiger partial charge in [-0.2, -0.15) is 0 Å². The zero-order valence-electron chi connectivity index (χ0n) is 13.3. The lowest BCUT2D eigenvalue weighted by atomic mass is 9.99. The molecule has 0 saturated carbocycles. The van der Waals surface area contributed by atoms with Crippen molar-refractivity contribution in [1.29, 1.82) is 0 Å². The van der Waals surface area contributed by atoms with Crippen molar-refractivity contribution in [2.24, 2.45) is 0 Å². The summed E-state index contributed by atoms with van der Waals surface area (Å²) in [6, 6.07) is 9.76. The molecule has 0 aromatic heterocycles. The summed E-state index contributed by atoms with van der Waals surface area (Å²) in [5.41, 5.74) is 3.06. The van der Waals surface area contributed by atoms with Crippen molar-refractivity contribution in [3.05, 3.63) is 35.9 Å². The topological polar surface area (TPSA) is 36.9 Å². The number of rotatable bonds is 4. The molecule has 1 unspecified atom stereocenters. The molecule has 4 nitrogen and oxygen atoms in total. The van der Waals surface area contributed by atoms with E-state index in [1.54, 1.807) is 21.3 Å². The second-order valence-electron chi connectivity index (χ2n) is 5.36. The molecule has 0 bridgehead atoms. The van der Waals surface area contributed by atoms with Crippen LogP contribution in [0.4, 0.5) is 0 Å². The van der Waals surface area contributed by atoms with Crippen molar-refractivity contribution in [2.45, 2.75) is 19.4 Å². The molecule has 1 heterocycles. The van der Waals surface area contributed by atoms with Crippen LogP contribution in [0.3, 0.4) is 0 Å². The highest BCUT2D eigenvalue weighted by molar-refractivity contribution is 5.80. The van der Waals surface area contributed by atoms with E-state index in [1.807, 2.05) is 30.3 Å². The quantitative estimate of drug-likeness (QED) is 0.862. The highest BCUT2D eigenvalue weighted by atomic mass is 16.5. The summed E-state index contributed by atoms with van der Waals surface area (Å²) in [4.78, 5) is 0. The molecule has 0 amide bonds. The third kappa shape index (κ3) is 2.45. The predicted molar refractivity (Wildman–Crippen MR) is 85.3 cm³/mol. The SMILES string of the molecule is COc1ccc(OC)c(-c2cc(OC)cc3c2OC(C)C3)c1. The van der Waals surface area contributed by atoms with Gasteiger partial charge in [0.25, 0.3) is 0 Å². The minimum atomic E-state index is 0.164. The van der Waals surface area contributed by atoms with Crippen LogP contribution >= 0.6 is 0 Å². The maximum absolute atomic E-state index is 6.01. The fourth-order valence-corrected chi connectivity index (χ4v) is 2.85. The molecular formula is C18H20O4. The van der Waals surface area contributed by atoms with Crippen LogP contribution in [-0.2, 0) is 6.42 Å². The third-order valence-corrected chi connectivity index (χ3v) is 3.90. The van der Waals surface area contributed by atoms with E-state index in [0.717, 1.165) is 46.1 Å². The Morgan fingerprint density at radius 1 is 0.909 bits per heavy atom. The number of ether oxygens (including phenoxy) is 4. The molecule has 0 N–H and O–H groups in total. The highest BCUT2D eigenvalue weighted by Crippen LogP contribution is 2.45. The minimum absolute atomic E-state index is 0.164. The molecule has 0 radical (unpaired) electrons. The summed E-state index contributed by atoms with van der Waals surface area (Å²) >= 11 is 0. The van der Waals surface area contributed by atoms with E-state index >= 15 is 0 Å². The average Bonchev–Trinajstić information content (AvgIpc) is 2.93. The normalized spacial score (nSPS) is 15.9. The monoisotopic (exact) mass is 300 g/mol. The van der Waals surface area contributed by atoms with Gasteiger partial charge in [-0.05, 0) is 37.3 Å². The van der Waals surface area contributed by atoms with Crippen LogP contribution in [0, 0.1) is 0 Å². The Balaban J connectivity index is 2.22. The third-order valence-electron chi connectivity index (χ3n) is 3.90. The second kappa shape index (κ2) is 5.79. The molecule has 4 heteroatoms. The second-order valence-corrected chi connectivity index (χ2v) is 5.36. The van der Waals surface area contributed by atoms with Gasteiger partial charge in [0, 0.05) is 23.1 Å². The van der Waals surface area contributed by atoms with Crippen molar-refractivity contribution < 1.29 is 18.9 Å². The fraction of sp³-hybridized carbons (Fsp3) is 0.333. The first kappa shape index (κ1) is 14.6. The number of fused-ring (bicyclic) bond motifs is 1. The van der Waals surface area contributed by atoms with E-state index < -0.39 is 0 Å². The summed E-state index contributed by atoms with van der Waals surface area (Å²) in [5, 5.41) is 0. The van der Waals surface area contributed by atoms with Crippen molar-refractivity contribution in [3.8, 4) is 34.1 Å². The maximum atomic E-state index is 6.01. The van der Waals surface area contributed by atoms with Gasteiger partial charge in [0.2, 0.25) is 0 Å². The molecule has 2 aromatic carbocycles. The first-order valence-electron chi connectivity index (χ1n) is 7.26. The minimum Gasteiger partial charge on any atom is -0.497 e. The molecule has 0 spiro atoms. The molecule has 1 aliphatic heterocycles. The fourth-order valence-electron chi connectivity index (χ4n) is 2.85. The van der Waals surface area contributed by atoms with E-state index in [4.69, 9.17) is 18.9 Å². The maximum Gasteiger partial charge on any atom is 0.131 e. The number of hydrogen-bond donors (Lipinski definition) is 0.